The Morgan fingerprint density at radius 3 is 2.53 bits per heavy atom. The van der Waals surface area contributed by atoms with E-state index in [-0.39, 0.29) is 5.91 Å². The molecule has 0 saturated carbocycles. The van der Waals surface area contributed by atoms with Crippen molar-refractivity contribution in [3.63, 3.8) is 0 Å². The molecular weight excluding hydrogens is 277 g/mol. The third-order valence-corrected chi connectivity index (χ3v) is 3.20. The van der Waals surface area contributed by atoms with Gasteiger partial charge in [-0.15, -0.1) is 11.6 Å². The number of hydrogen-bond acceptors (Lipinski definition) is 1. The summed E-state index contributed by atoms with van der Waals surface area (Å²) in [6.45, 7) is 1.99. The summed E-state index contributed by atoms with van der Waals surface area (Å²) in [7, 11) is 3.39. The quantitative estimate of drug-likeness (QED) is 0.766. The van der Waals surface area contributed by atoms with Crippen LogP contribution in [0.3, 0.4) is 0 Å². The fourth-order valence-electron chi connectivity index (χ4n) is 1.20. The van der Waals surface area contributed by atoms with Crippen molar-refractivity contribution in [3.8, 4) is 0 Å². The lowest BCUT2D eigenvalue weighted by Crippen LogP contribution is -2.25. The predicted molar refractivity (Wildman–Crippen MR) is 66.2 cm³/mol. The third-order valence-electron chi connectivity index (χ3n) is 2.09. The van der Waals surface area contributed by atoms with Gasteiger partial charge in [-0.25, -0.2) is 0 Å². The maximum Gasteiger partial charge on any atom is 0.244 e. The molecule has 0 aromatic heterocycles. The molecule has 1 aromatic carbocycles. The Morgan fingerprint density at radius 1 is 1.47 bits per heavy atom. The molecule has 0 spiro atoms. The lowest BCUT2D eigenvalue weighted by molar-refractivity contribution is -0.128. The highest BCUT2D eigenvalue weighted by atomic mass is 79.9. The SMILES string of the molecule is Cc1ccc(C(Cl)C(=O)N(C)C)c(Br)c1. The number of carbonyl (C=O) groups is 1. The molecule has 1 atom stereocenters. The number of hydrogen-bond donors (Lipinski definition) is 0. The van der Waals surface area contributed by atoms with Gasteiger partial charge in [-0.3, -0.25) is 4.79 Å². The first-order chi connectivity index (χ1) is 6.93. The van der Waals surface area contributed by atoms with E-state index in [9.17, 15) is 4.79 Å². The van der Waals surface area contributed by atoms with Crippen molar-refractivity contribution < 1.29 is 4.79 Å². The predicted octanol–water partition coefficient (Wildman–Crippen LogP) is 3.13. The standard InChI is InChI=1S/C11H13BrClNO/c1-7-4-5-8(9(12)6-7)10(13)11(15)14(2)3/h4-6,10H,1-3H3. The molecule has 15 heavy (non-hydrogen) atoms. The van der Waals surface area contributed by atoms with E-state index < -0.39 is 5.38 Å². The van der Waals surface area contributed by atoms with E-state index in [4.69, 9.17) is 11.6 Å². The number of carbonyl (C=O) groups excluding carboxylic acids is 1. The summed E-state index contributed by atoms with van der Waals surface area (Å²) < 4.78 is 0.873. The monoisotopic (exact) mass is 289 g/mol. The van der Waals surface area contributed by atoms with Gasteiger partial charge in [0.1, 0.15) is 5.38 Å². The van der Waals surface area contributed by atoms with Crippen LogP contribution in [0.25, 0.3) is 0 Å². The Morgan fingerprint density at radius 2 is 2.07 bits per heavy atom. The van der Waals surface area contributed by atoms with Crippen LogP contribution < -0.4 is 0 Å². The molecule has 0 aliphatic heterocycles. The zero-order valence-electron chi connectivity index (χ0n) is 8.92. The molecule has 0 radical (unpaired) electrons. The second kappa shape index (κ2) is 4.99. The first kappa shape index (κ1) is 12.5. The van der Waals surface area contributed by atoms with Gasteiger partial charge in [-0.2, -0.15) is 0 Å². The Kier molecular flexibility index (Phi) is 4.17. The van der Waals surface area contributed by atoms with E-state index in [1.807, 2.05) is 25.1 Å². The van der Waals surface area contributed by atoms with Crippen molar-refractivity contribution in [3.05, 3.63) is 33.8 Å². The lowest BCUT2D eigenvalue weighted by Gasteiger charge is -2.16. The highest BCUT2D eigenvalue weighted by molar-refractivity contribution is 9.10. The number of aryl methyl sites for hydroxylation is 1. The van der Waals surface area contributed by atoms with Gasteiger partial charge in [-0.1, -0.05) is 28.1 Å². The van der Waals surface area contributed by atoms with Gasteiger partial charge < -0.3 is 4.90 Å². The Labute approximate surface area is 103 Å². The summed E-state index contributed by atoms with van der Waals surface area (Å²) in [4.78, 5) is 13.1. The summed E-state index contributed by atoms with van der Waals surface area (Å²) in [5.74, 6) is -0.110. The number of amides is 1. The van der Waals surface area contributed by atoms with Crippen molar-refractivity contribution in [1.82, 2.24) is 4.90 Å². The zero-order valence-corrected chi connectivity index (χ0v) is 11.3. The molecule has 0 N–H and O–H groups in total. The average molecular weight is 291 g/mol. The first-order valence-corrected chi connectivity index (χ1v) is 5.77. The highest BCUT2D eigenvalue weighted by Crippen LogP contribution is 2.29. The van der Waals surface area contributed by atoms with E-state index >= 15 is 0 Å². The fourth-order valence-corrected chi connectivity index (χ4v) is 2.44. The van der Waals surface area contributed by atoms with Crippen LogP contribution in [-0.4, -0.2) is 24.9 Å². The molecule has 0 fully saturated rings. The summed E-state index contributed by atoms with van der Waals surface area (Å²) in [5, 5.41) is -0.630. The van der Waals surface area contributed by atoms with E-state index in [1.165, 1.54) is 4.90 Å². The molecule has 0 saturated heterocycles. The van der Waals surface area contributed by atoms with Gasteiger partial charge in [-0.05, 0) is 24.1 Å². The fraction of sp³-hybridized carbons (Fsp3) is 0.364. The normalized spacial score (nSPS) is 12.3. The second-order valence-corrected chi connectivity index (χ2v) is 4.91. The Balaban J connectivity index is 3.01. The topological polar surface area (TPSA) is 20.3 Å². The molecule has 1 amide bonds. The highest BCUT2D eigenvalue weighted by Gasteiger charge is 2.21. The number of rotatable bonds is 2. The van der Waals surface area contributed by atoms with Gasteiger partial charge in [0.25, 0.3) is 0 Å². The van der Waals surface area contributed by atoms with Crippen LogP contribution in [0.1, 0.15) is 16.5 Å². The van der Waals surface area contributed by atoms with E-state index in [0.29, 0.717) is 0 Å². The first-order valence-electron chi connectivity index (χ1n) is 4.54. The van der Waals surface area contributed by atoms with Crippen molar-refractivity contribution in [2.24, 2.45) is 0 Å². The number of benzene rings is 1. The van der Waals surface area contributed by atoms with Gasteiger partial charge in [0.15, 0.2) is 0 Å². The molecule has 1 aromatic rings. The molecule has 0 heterocycles. The molecule has 4 heteroatoms. The van der Waals surface area contributed by atoms with Gasteiger partial charge in [0, 0.05) is 18.6 Å². The van der Waals surface area contributed by atoms with Gasteiger partial charge >= 0.3 is 0 Å². The molecular formula is C11H13BrClNO. The minimum Gasteiger partial charge on any atom is -0.347 e. The van der Waals surface area contributed by atoms with Crippen molar-refractivity contribution in [1.29, 1.82) is 0 Å². The second-order valence-electron chi connectivity index (χ2n) is 3.62. The van der Waals surface area contributed by atoms with E-state index in [0.717, 1.165) is 15.6 Å². The van der Waals surface area contributed by atoms with Gasteiger partial charge in [0.2, 0.25) is 5.91 Å². The number of halogens is 2. The van der Waals surface area contributed by atoms with Crippen LogP contribution in [0, 0.1) is 6.92 Å². The molecule has 82 valence electrons. The lowest BCUT2D eigenvalue weighted by atomic mass is 10.1. The van der Waals surface area contributed by atoms with Crippen LogP contribution in [0.4, 0.5) is 0 Å². The largest absolute Gasteiger partial charge is 0.347 e. The molecule has 1 unspecified atom stereocenters. The van der Waals surface area contributed by atoms with Crippen LogP contribution in [0.5, 0.6) is 0 Å². The maximum absolute atomic E-state index is 11.7. The molecule has 1 rings (SSSR count). The molecule has 2 nitrogen and oxygen atoms in total. The van der Waals surface area contributed by atoms with Crippen LogP contribution >= 0.6 is 27.5 Å². The van der Waals surface area contributed by atoms with Crippen molar-refractivity contribution in [2.75, 3.05) is 14.1 Å². The Hall–Kier alpha value is -0.540. The number of likely N-dealkylation sites (N-methyl/N-ethyl adjacent to an activating group) is 1. The third kappa shape index (κ3) is 2.95. The summed E-state index contributed by atoms with van der Waals surface area (Å²) in [6, 6.07) is 5.77. The molecule has 0 aliphatic rings. The zero-order chi connectivity index (χ0) is 11.6. The number of alkyl halides is 1. The minimum absolute atomic E-state index is 0.110. The average Bonchev–Trinajstić information content (AvgIpc) is 2.15. The van der Waals surface area contributed by atoms with Crippen LogP contribution in [0.15, 0.2) is 22.7 Å². The summed E-state index contributed by atoms with van der Waals surface area (Å²) >= 11 is 9.50. The van der Waals surface area contributed by atoms with Crippen LogP contribution in [0.2, 0.25) is 0 Å². The molecule has 0 aliphatic carbocycles. The van der Waals surface area contributed by atoms with Gasteiger partial charge in [0.05, 0.1) is 0 Å². The smallest absolute Gasteiger partial charge is 0.244 e. The van der Waals surface area contributed by atoms with E-state index in [2.05, 4.69) is 15.9 Å². The van der Waals surface area contributed by atoms with Crippen LogP contribution in [-0.2, 0) is 4.79 Å². The molecule has 0 bridgehead atoms. The maximum atomic E-state index is 11.7. The van der Waals surface area contributed by atoms with Crippen molar-refractivity contribution in [2.45, 2.75) is 12.3 Å². The Bertz CT molecular complexity index is 379. The number of nitrogens with zero attached hydrogens (tertiary/aromatic N) is 1. The van der Waals surface area contributed by atoms with Crippen molar-refractivity contribution >= 4 is 33.4 Å². The summed E-state index contributed by atoms with van der Waals surface area (Å²) in [6.07, 6.45) is 0. The van der Waals surface area contributed by atoms with E-state index in [1.54, 1.807) is 14.1 Å². The minimum atomic E-state index is -0.630. The summed E-state index contributed by atoms with van der Waals surface area (Å²) in [5.41, 5.74) is 1.94.